The Kier molecular flexibility index (Phi) is 7.45. The fourth-order valence-electron chi connectivity index (χ4n) is 1.79. The lowest BCUT2D eigenvalue weighted by Gasteiger charge is -2.14. The molecule has 0 bridgehead atoms. The number of aryl methyl sites for hydroxylation is 1. The van der Waals surface area contributed by atoms with Crippen LogP contribution < -0.4 is 5.32 Å². The van der Waals surface area contributed by atoms with Crippen molar-refractivity contribution in [3.05, 3.63) is 29.8 Å². The minimum atomic E-state index is 0.644. The van der Waals surface area contributed by atoms with Crippen LogP contribution in [0.3, 0.4) is 0 Å². The predicted molar refractivity (Wildman–Crippen MR) is 83.4 cm³/mol. The standard InChI is InChI=1S/C16H27NS/c1-13(2)5-8-15(4)17-11-12-18-16-9-6-14(3)7-10-16/h6-7,9-10,13,15,17H,5,8,11-12H2,1-4H3. The van der Waals surface area contributed by atoms with E-state index in [9.17, 15) is 0 Å². The molecule has 1 nitrogen and oxygen atoms in total. The summed E-state index contributed by atoms with van der Waals surface area (Å²) in [5.74, 6) is 1.96. The van der Waals surface area contributed by atoms with Gasteiger partial charge in [-0.1, -0.05) is 31.5 Å². The smallest absolute Gasteiger partial charge is 0.0106 e. The maximum absolute atomic E-state index is 3.60. The Hall–Kier alpha value is -0.470. The average molecular weight is 265 g/mol. The van der Waals surface area contributed by atoms with Crippen molar-refractivity contribution in [1.82, 2.24) is 5.32 Å². The van der Waals surface area contributed by atoms with Gasteiger partial charge in [0.15, 0.2) is 0 Å². The normalized spacial score (nSPS) is 12.9. The minimum absolute atomic E-state index is 0.644. The molecule has 0 saturated carbocycles. The van der Waals surface area contributed by atoms with Gasteiger partial charge in [0.05, 0.1) is 0 Å². The van der Waals surface area contributed by atoms with Crippen LogP contribution in [-0.4, -0.2) is 18.3 Å². The first-order valence-electron chi connectivity index (χ1n) is 7.00. The summed E-state index contributed by atoms with van der Waals surface area (Å²) in [6.45, 7) is 10.1. The van der Waals surface area contributed by atoms with Crippen LogP contribution in [0.25, 0.3) is 0 Å². The van der Waals surface area contributed by atoms with Gasteiger partial charge < -0.3 is 5.32 Å². The van der Waals surface area contributed by atoms with Gasteiger partial charge in [-0.15, -0.1) is 11.8 Å². The highest BCUT2D eigenvalue weighted by atomic mass is 32.2. The van der Waals surface area contributed by atoms with Crippen LogP contribution in [0.15, 0.2) is 29.2 Å². The molecule has 0 saturated heterocycles. The van der Waals surface area contributed by atoms with Crippen LogP contribution in [0.1, 0.15) is 39.2 Å². The van der Waals surface area contributed by atoms with Gasteiger partial charge in [0.25, 0.3) is 0 Å². The summed E-state index contributed by atoms with van der Waals surface area (Å²) in [5.41, 5.74) is 1.33. The number of thioether (sulfide) groups is 1. The van der Waals surface area contributed by atoms with Crippen LogP contribution in [0.4, 0.5) is 0 Å². The van der Waals surface area contributed by atoms with Crippen LogP contribution in [0, 0.1) is 12.8 Å². The second-order valence-corrected chi connectivity index (χ2v) is 6.66. The van der Waals surface area contributed by atoms with Crippen molar-refractivity contribution in [3.63, 3.8) is 0 Å². The number of rotatable bonds is 8. The monoisotopic (exact) mass is 265 g/mol. The molecule has 0 aromatic heterocycles. The molecule has 0 radical (unpaired) electrons. The maximum atomic E-state index is 3.60. The van der Waals surface area contributed by atoms with E-state index in [4.69, 9.17) is 0 Å². The van der Waals surface area contributed by atoms with Gasteiger partial charge >= 0.3 is 0 Å². The van der Waals surface area contributed by atoms with E-state index < -0.39 is 0 Å². The van der Waals surface area contributed by atoms with E-state index in [1.807, 2.05) is 11.8 Å². The molecule has 0 spiro atoms. The van der Waals surface area contributed by atoms with Gasteiger partial charge in [-0.05, 0) is 44.7 Å². The van der Waals surface area contributed by atoms with Crippen LogP contribution in [0.5, 0.6) is 0 Å². The van der Waals surface area contributed by atoms with Crippen LogP contribution >= 0.6 is 11.8 Å². The van der Waals surface area contributed by atoms with Gasteiger partial charge in [-0.25, -0.2) is 0 Å². The highest BCUT2D eigenvalue weighted by molar-refractivity contribution is 7.99. The fourth-order valence-corrected chi connectivity index (χ4v) is 2.58. The van der Waals surface area contributed by atoms with Crippen molar-refractivity contribution in [2.24, 2.45) is 5.92 Å². The summed E-state index contributed by atoms with van der Waals surface area (Å²) in [6.07, 6.45) is 2.60. The summed E-state index contributed by atoms with van der Waals surface area (Å²) in [7, 11) is 0. The summed E-state index contributed by atoms with van der Waals surface area (Å²) in [6, 6.07) is 9.43. The molecule has 0 fully saturated rings. The lowest BCUT2D eigenvalue weighted by molar-refractivity contribution is 0.460. The lowest BCUT2D eigenvalue weighted by atomic mass is 10.0. The van der Waals surface area contributed by atoms with Gasteiger partial charge in [-0.2, -0.15) is 0 Å². The van der Waals surface area contributed by atoms with Gasteiger partial charge in [0.1, 0.15) is 0 Å². The molecule has 0 amide bonds. The molecule has 1 aromatic carbocycles. The second-order valence-electron chi connectivity index (χ2n) is 5.49. The van der Waals surface area contributed by atoms with Gasteiger partial charge in [0, 0.05) is 23.2 Å². The Labute approximate surface area is 117 Å². The first-order chi connectivity index (χ1) is 8.58. The van der Waals surface area contributed by atoms with E-state index in [-0.39, 0.29) is 0 Å². The molecular formula is C16H27NS. The molecule has 2 heteroatoms. The van der Waals surface area contributed by atoms with Crippen molar-refractivity contribution in [2.75, 3.05) is 12.3 Å². The molecule has 102 valence electrons. The van der Waals surface area contributed by atoms with Crippen LogP contribution in [0.2, 0.25) is 0 Å². The van der Waals surface area contributed by atoms with E-state index in [2.05, 4.69) is 57.3 Å². The fraction of sp³-hybridized carbons (Fsp3) is 0.625. The van der Waals surface area contributed by atoms with E-state index >= 15 is 0 Å². The highest BCUT2D eigenvalue weighted by Gasteiger charge is 2.02. The molecule has 1 N–H and O–H groups in total. The predicted octanol–water partition coefficient (Wildman–Crippen LogP) is 4.50. The molecule has 0 aliphatic heterocycles. The van der Waals surface area contributed by atoms with Crippen molar-refractivity contribution in [1.29, 1.82) is 0 Å². The zero-order chi connectivity index (χ0) is 13.4. The Morgan fingerprint density at radius 2 is 1.72 bits per heavy atom. The largest absolute Gasteiger partial charge is 0.313 e. The summed E-state index contributed by atoms with van der Waals surface area (Å²) in [5, 5.41) is 3.60. The molecule has 1 rings (SSSR count). The first kappa shape index (κ1) is 15.6. The van der Waals surface area contributed by atoms with E-state index in [0.717, 1.165) is 18.2 Å². The Balaban J connectivity index is 2.09. The minimum Gasteiger partial charge on any atom is -0.313 e. The van der Waals surface area contributed by atoms with Crippen molar-refractivity contribution in [2.45, 2.75) is 51.5 Å². The van der Waals surface area contributed by atoms with E-state index in [1.54, 1.807) is 0 Å². The molecule has 1 unspecified atom stereocenters. The zero-order valence-electron chi connectivity index (χ0n) is 12.2. The van der Waals surface area contributed by atoms with Crippen molar-refractivity contribution in [3.8, 4) is 0 Å². The number of hydrogen-bond donors (Lipinski definition) is 1. The van der Waals surface area contributed by atoms with Crippen molar-refractivity contribution < 1.29 is 0 Å². The average Bonchev–Trinajstić information content (AvgIpc) is 2.34. The van der Waals surface area contributed by atoms with Gasteiger partial charge in [0.2, 0.25) is 0 Å². The molecule has 0 heterocycles. The number of hydrogen-bond acceptors (Lipinski definition) is 2. The molecule has 1 atom stereocenters. The highest BCUT2D eigenvalue weighted by Crippen LogP contribution is 2.17. The Morgan fingerprint density at radius 3 is 2.33 bits per heavy atom. The quantitative estimate of drug-likeness (QED) is 0.548. The first-order valence-corrected chi connectivity index (χ1v) is 7.99. The van der Waals surface area contributed by atoms with Gasteiger partial charge in [-0.3, -0.25) is 0 Å². The van der Waals surface area contributed by atoms with E-state index in [0.29, 0.717) is 6.04 Å². The number of nitrogens with one attached hydrogen (secondary N) is 1. The Bertz CT molecular complexity index is 318. The Morgan fingerprint density at radius 1 is 1.06 bits per heavy atom. The summed E-state index contributed by atoms with van der Waals surface area (Å²) < 4.78 is 0. The third-order valence-electron chi connectivity index (χ3n) is 3.06. The second kappa shape index (κ2) is 8.60. The molecular weight excluding hydrogens is 238 g/mol. The molecule has 1 aromatic rings. The SMILES string of the molecule is Cc1ccc(SCCNC(C)CCC(C)C)cc1. The maximum Gasteiger partial charge on any atom is 0.0106 e. The number of benzene rings is 1. The van der Waals surface area contributed by atoms with E-state index in [1.165, 1.54) is 23.3 Å². The summed E-state index contributed by atoms with van der Waals surface area (Å²) in [4.78, 5) is 1.37. The lowest BCUT2D eigenvalue weighted by Crippen LogP contribution is -2.28. The van der Waals surface area contributed by atoms with Crippen molar-refractivity contribution >= 4 is 11.8 Å². The topological polar surface area (TPSA) is 12.0 Å². The molecule has 0 aliphatic carbocycles. The summed E-state index contributed by atoms with van der Waals surface area (Å²) >= 11 is 1.93. The third kappa shape index (κ3) is 7.07. The zero-order valence-corrected chi connectivity index (χ0v) is 13.0. The third-order valence-corrected chi connectivity index (χ3v) is 4.08. The molecule has 0 aliphatic rings. The van der Waals surface area contributed by atoms with Crippen LogP contribution in [-0.2, 0) is 0 Å². The molecule has 18 heavy (non-hydrogen) atoms.